The Morgan fingerprint density at radius 3 is 2.05 bits per heavy atom. The molecule has 0 bridgehead atoms. The Bertz CT molecular complexity index is 574. The van der Waals surface area contributed by atoms with Gasteiger partial charge in [0.2, 0.25) is 0 Å². The second-order valence-corrected chi connectivity index (χ2v) is 6.70. The Balaban J connectivity index is 2.50. The van der Waals surface area contributed by atoms with E-state index >= 15 is 0 Å². The molecular formula is C15H25BN2O3. The van der Waals surface area contributed by atoms with Gasteiger partial charge in [0.25, 0.3) is 5.91 Å². The number of carbonyl (C=O) groups excluding carboxylic acids is 1. The maximum atomic E-state index is 12.1. The first-order chi connectivity index (χ1) is 9.53. The molecule has 1 fully saturated rings. The van der Waals surface area contributed by atoms with Gasteiger partial charge in [-0.2, -0.15) is 0 Å². The number of hydrogen-bond donors (Lipinski definition) is 1. The first kappa shape index (κ1) is 16.1. The molecule has 0 atom stereocenters. The van der Waals surface area contributed by atoms with Crippen LogP contribution in [0.5, 0.6) is 0 Å². The zero-order valence-electron chi connectivity index (χ0n) is 14.2. The quantitative estimate of drug-likeness (QED) is 0.836. The summed E-state index contributed by atoms with van der Waals surface area (Å²) in [7, 11) is 3.08. The molecular weight excluding hydrogens is 267 g/mol. The monoisotopic (exact) mass is 292 g/mol. The molecule has 1 N–H and O–H groups in total. The average molecular weight is 292 g/mol. The molecule has 5 nitrogen and oxygen atoms in total. The normalized spacial score (nSPS) is 19.9. The molecule has 1 aromatic rings. The minimum Gasteiger partial charge on any atom is -0.399 e. The highest BCUT2D eigenvalue weighted by molar-refractivity contribution is 6.63. The Hall–Kier alpha value is -1.27. The molecule has 1 aliphatic heterocycles. The van der Waals surface area contributed by atoms with Gasteiger partial charge in [0, 0.05) is 25.3 Å². The first-order valence-corrected chi connectivity index (χ1v) is 7.27. The van der Waals surface area contributed by atoms with Crippen molar-refractivity contribution in [1.29, 1.82) is 0 Å². The van der Waals surface area contributed by atoms with E-state index in [1.807, 2.05) is 53.2 Å². The molecule has 1 aliphatic rings. The number of nitrogens with zero attached hydrogens (tertiary/aromatic N) is 1. The van der Waals surface area contributed by atoms with E-state index in [2.05, 4.69) is 5.32 Å². The largest absolute Gasteiger partial charge is 0.496 e. The van der Waals surface area contributed by atoms with Crippen molar-refractivity contribution in [1.82, 2.24) is 9.88 Å². The topological polar surface area (TPSA) is 52.5 Å². The Kier molecular flexibility index (Phi) is 3.75. The highest BCUT2D eigenvalue weighted by Crippen LogP contribution is 2.37. The number of hydrogen-bond acceptors (Lipinski definition) is 3. The summed E-state index contributed by atoms with van der Waals surface area (Å²) in [6, 6.07) is 0. The van der Waals surface area contributed by atoms with Crippen molar-refractivity contribution in [3.05, 3.63) is 17.0 Å². The van der Waals surface area contributed by atoms with Crippen LogP contribution in [0.1, 0.15) is 49.4 Å². The van der Waals surface area contributed by atoms with Gasteiger partial charge in [0.1, 0.15) is 5.69 Å². The van der Waals surface area contributed by atoms with Crippen molar-refractivity contribution >= 4 is 18.5 Å². The molecule has 21 heavy (non-hydrogen) atoms. The molecule has 0 radical (unpaired) electrons. The summed E-state index contributed by atoms with van der Waals surface area (Å²) in [5.41, 5.74) is 2.73. The van der Waals surface area contributed by atoms with Gasteiger partial charge in [0.05, 0.1) is 11.2 Å². The summed E-state index contributed by atoms with van der Waals surface area (Å²) in [6.45, 7) is 12.0. The molecule has 0 unspecified atom stereocenters. The van der Waals surface area contributed by atoms with E-state index in [1.165, 1.54) is 0 Å². The van der Waals surface area contributed by atoms with Crippen LogP contribution in [0, 0.1) is 13.8 Å². The smallest absolute Gasteiger partial charge is 0.399 e. The maximum absolute atomic E-state index is 12.1. The maximum Gasteiger partial charge on any atom is 0.496 e. The van der Waals surface area contributed by atoms with Crippen LogP contribution in [0.2, 0.25) is 0 Å². The number of nitrogens with one attached hydrogen (secondary N) is 1. The number of carbonyl (C=O) groups is 1. The molecule has 116 valence electrons. The van der Waals surface area contributed by atoms with Gasteiger partial charge < -0.3 is 19.2 Å². The molecule has 1 amide bonds. The standard InChI is InChI=1S/C15H25BN2O3/c1-9-11(10(2)18(8)12(9)13(19)17-7)16-20-14(3,4)15(5,6)21-16/h1-8H3,(H,17,19). The summed E-state index contributed by atoms with van der Waals surface area (Å²) in [6.07, 6.45) is 0. The van der Waals surface area contributed by atoms with Crippen LogP contribution in [0.3, 0.4) is 0 Å². The van der Waals surface area contributed by atoms with Crippen molar-refractivity contribution in [3.63, 3.8) is 0 Å². The number of rotatable bonds is 2. The van der Waals surface area contributed by atoms with E-state index < -0.39 is 7.12 Å². The van der Waals surface area contributed by atoms with Gasteiger partial charge >= 0.3 is 7.12 Å². The molecule has 2 heterocycles. The predicted octanol–water partition coefficient (Wildman–Crippen LogP) is 1.30. The fraction of sp³-hybridized carbons (Fsp3) is 0.667. The highest BCUT2D eigenvalue weighted by Gasteiger charge is 2.53. The van der Waals surface area contributed by atoms with E-state index in [9.17, 15) is 4.79 Å². The molecule has 6 heteroatoms. The van der Waals surface area contributed by atoms with Crippen LogP contribution in [0.4, 0.5) is 0 Å². The van der Waals surface area contributed by atoms with Crippen molar-refractivity contribution in [2.45, 2.75) is 52.7 Å². The summed E-state index contributed by atoms with van der Waals surface area (Å²) in [5, 5.41) is 2.69. The fourth-order valence-corrected chi connectivity index (χ4v) is 2.75. The molecule has 0 aromatic carbocycles. The summed E-state index contributed by atoms with van der Waals surface area (Å²) in [5.74, 6) is -0.0964. The average Bonchev–Trinajstić information content (AvgIpc) is 2.70. The van der Waals surface area contributed by atoms with Crippen LogP contribution in [-0.4, -0.2) is 35.8 Å². The van der Waals surface area contributed by atoms with E-state index in [0.717, 1.165) is 16.7 Å². The molecule has 0 saturated carbocycles. The van der Waals surface area contributed by atoms with Crippen molar-refractivity contribution in [3.8, 4) is 0 Å². The van der Waals surface area contributed by atoms with E-state index in [4.69, 9.17) is 9.31 Å². The minimum atomic E-state index is -0.445. The second-order valence-electron chi connectivity index (χ2n) is 6.70. The third-order valence-electron chi connectivity index (χ3n) is 4.92. The van der Waals surface area contributed by atoms with Gasteiger partial charge in [-0.3, -0.25) is 4.79 Å². The molecule has 0 spiro atoms. The lowest BCUT2D eigenvalue weighted by Gasteiger charge is -2.32. The van der Waals surface area contributed by atoms with Crippen LogP contribution < -0.4 is 10.8 Å². The van der Waals surface area contributed by atoms with E-state index in [0.29, 0.717) is 5.69 Å². The number of aromatic nitrogens is 1. The molecule has 1 aromatic heterocycles. The summed E-state index contributed by atoms with van der Waals surface area (Å²) in [4.78, 5) is 12.1. The lowest BCUT2D eigenvalue weighted by molar-refractivity contribution is 0.00578. The third-order valence-corrected chi connectivity index (χ3v) is 4.92. The van der Waals surface area contributed by atoms with Crippen molar-refractivity contribution in [2.24, 2.45) is 7.05 Å². The lowest BCUT2D eigenvalue weighted by atomic mass is 9.76. The SMILES string of the molecule is CNC(=O)c1c(C)c(B2OC(C)(C)C(C)(C)O2)c(C)n1C. The van der Waals surface area contributed by atoms with Crippen LogP contribution in [0.25, 0.3) is 0 Å². The van der Waals surface area contributed by atoms with Crippen molar-refractivity contribution < 1.29 is 14.1 Å². The second kappa shape index (κ2) is 4.88. The Morgan fingerprint density at radius 2 is 1.62 bits per heavy atom. The first-order valence-electron chi connectivity index (χ1n) is 7.27. The highest BCUT2D eigenvalue weighted by atomic mass is 16.7. The Labute approximate surface area is 127 Å². The van der Waals surface area contributed by atoms with E-state index in [1.54, 1.807) is 7.05 Å². The molecule has 2 rings (SSSR count). The molecule has 1 saturated heterocycles. The molecule has 0 aliphatic carbocycles. The van der Waals surface area contributed by atoms with Crippen molar-refractivity contribution in [2.75, 3.05) is 7.05 Å². The minimum absolute atomic E-state index is 0.0964. The van der Waals surface area contributed by atoms with Gasteiger partial charge in [-0.1, -0.05) is 0 Å². The van der Waals surface area contributed by atoms with E-state index in [-0.39, 0.29) is 17.1 Å². The zero-order valence-corrected chi connectivity index (χ0v) is 14.2. The summed E-state index contributed by atoms with van der Waals surface area (Å²) < 4.78 is 14.1. The van der Waals surface area contributed by atoms with Gasteiger partial charge in [-0.25, -0.2) is 0 Å². The number of amides is 1. The Morgan fingerprint density at radius 1 is 1.14 bits per heavy atom. The van der Waals surface area contributed by atoms with Gasteiger partial charge in [-0.05, 0) is 47.1 Å². The fourth-order valence-electron chi connectivity index (χ4n) is 2.75. The van der Waals surface area contributed by atoms with Crippen LogP contribution in [0.15, 0.2) is 0 Å². The van der Waals surface area contributed by atoms with Gasteiger partial charge in [-0.15, -0.1) is 0 Å². The third kappa shape index (κ3) is 2.30. The van der Waals surface area contributed by atoms with Gasteiger partial charge in [0.15, 0.2) is 0 Å². The lowest BCUT2D eigenvalue weighted by Crippen LogP contribution is -2.41. The summed E-state index contributed by atoms with van der Waals surface area (Å²) >= 11 is 0. The zero-order chi connectivity index (χ0) is 16.2. The van der Waals surface area contributed by atoms with Crippen LogP contribution >= 0.6 is 0 Å². The predicted molar refractivity (Wildman–Crippen MR) is 84.0 cm³/mol. The van der Waals surface area contributed by atoms with Crippen LogP contribution in [-0.2, 0) is 16.4 Å².